The number of rotatable bonds is 0. The van der Waals surface area contributed by atoms with Gasteiger partial charge in [0, 0.05) is 20.1 Å². The molecule has 78 valence electrons. The topological polar surface area (TPSA) is 0 Å². The smallest absolute Gasteiger partial charge is 0.0507 e. The number of hydrogen-bond acceptors (Lipinski definition) is 0. The van der Waals surface area contributed by atoms with E-state index in [2.05, 4.69) is 74.8 Å². The summed E-state index contributed by atoms with van der Waals surface area (Å²) in [6.07, 6.45) is 0. The predicted molar refractivity (Wildman–Crippen MR) is 78.2 cm³/mol. The van der Waals surface area contributed by atoms with Crippen LogP contribution in [0.3, 0.4) is 0 Å². The molecule has 0 aliphatic carbocycles. The Morgan fingerprint density at radius 3 is 1.69 bits per heavy atom. The van der Waals surface area contributed by atoms with Crippen LogP contribution < -0.4 is 10.4 Å². The van der Waals surface area contributed by atoms with E-state index in [-0.39, 0.29) is 0 Å². The number of hydrogen-bond donors (Lipinski definition) is 0. The third kappa shape index (κ3) is 1.53. The SMILES string of the molecule is C[Si+]1c2cc(Br)ccc2-c2ccc(Br)cc21. The van der Waals surface area contributed by atoms with Crippen LogP contribution in [0.1, 0.15) is 0 Å². The maximum Gasteiger partial charge on any atom is 0.388 e. The van der Waals surface area contributed by atoms with Crippen molar-refractivity contribution in [3.63, 3.8) is 0 Å². The monoisotopic (exact) mass is 351 g/mol. The maximum atomic E-state index is 3.56. The van der Waals surface area contributed by atoms with Crippen molar-refractivity contribution in [3.05, 3.63) is 45.3 Å². The van der Waals surface area contributed by atoms with Gasteiger partial charge < -0.3 is 0 Å². The summed E-state index contributed by atoms with van der Waals surface area (Å²) in [4.78, 5) is 0. The molecule has 1 aliphatic heterocycles. The average Bonchev–Trinajstić information content (AvgIpc) is 2.53. The summed E-state index contributed by atoms with van der Waals surface area (Å²) in [5.74, 6) is 0. The molecule has 0 aromatic heterocycles. The van der Waals surface area contributed by atoms with Crippen LogP contribution in [0.2, 0.25) is 6.55 Å². The van der Waals surface area contributed by atoms with E-state index < -0.39 is 8.80 Å². The molecule has 2 aromatic rings. The van der Waals surface area contributed by atoms with Crippen LogP contribution in [-0.4, -0.2) is 8.80 Å². The summed E-state index contributed by atoms with van der Waals surface area (Å²) < 4.78 is 2.37. The van der Waals surface area contributed by atoms with Gasteiger partial charge in [-0.2, -0.15) is 0 Å². The highest BCUT2D eigenvalue weighted by Crippen LogP contribution is 2.26. The Hall–Kier alpha value is -0.383. The molecule has 0 fully saturated rings. The molecular weight excluding hydrogens is 344 g/mol. The minimum atomic E-state index is -0.575. The van der Waals surface area contributed by atoms with E-state index in [9.17, 15) is 0 Å². The van der Waals surface area contributed by atoms with E-state index in [1.807, 2.05) is 0 Å². The summed E-state index contributed by atoms with van der Waals surface area (Å²) >= 11 is 7.12. The van der Waals surface area contributed by atoms with Gasteiger partial charge in [-0.1, -0.05) is 44.0 Å². The first kappa shape index (κ1) is 10.8. The molecule has 0 bridgehead atoms. The lowest BCUT2D eigenvalue weighted by atomic mass is 10.1. The largest absolute Gasteiger partial charge is 0.388 e. The standard InChI is InChI=1S/C13H9Br2Si/c1-16-12-6-8(14)2-4-10(12)11-5-3-9(15)7-13(11)16/h2-7H,1H3/q+1. The predicted octanol–water partition coefficient (Wildman–Crippen LogP) is 3.43. The molecule has 0 nitrogen and oxygen atoms in total. The van der Waals surface area contributed by atoms with Crippen molar-refractivity contribution in [2.75, 3.05) is 0 Å². The normalized spacial score (nSPS) is 12.6. The molecule has 16 heavy (non-hydrogen) atoms. The molecule has 0 atom stereocenters. The van der Waals surface area contributed by atoms with Crippen LogP contribution in [0.4, 0.5) is 0 Å². The summed E-state index contributed by atoms with van der Waals surface area (Å²) in [7, 11) is -0.575. The highest BCUT2D eigenvalue weighted by Gasteiger charge is 2.39. The zero-order valence-electron chi connectivity index (χ0n) is 8.72. The Morgan fingerprint density at radius 2 is 1.25 bits per heavy atom. The highest BCUT2D eigenvalue weighted by atomic mass is 79.9. The quantitative estimate of drug-likeness (QED) is 0.637. The molecule has 0 saturated carbocycles. The average molecular weight is 353 g/mol. The van der Waals surface area contributed by atoms with Crippen LogP contribution >= 0.6 is 31.9 Å². The van der Waals surface area contributed by atoms with Crippen LogP contribution in [0.5, 0.6) is 0 Å². The van der Waals surface area contributed by atoms with Gasteiger partial charge in [0.15, 0.2) is 0 Å². The van der Waals surface area contributed by atoms with Crippen LogP contribution in [0.15, 0.2) is 45.3 Å². The maximum absolute atomic E-state index is 3.56. The molecule has 2 aromatic carbocycles. The van der Waals surface area contributed by atoms with Gasteiger partial charge in [0.05, 0.1) is 6.55 Å². The van der Waals surface area contributed by atoms with Crippen molar-refractivity contribution in [1.29, 1.82) is 0 Å². The molecular formula is C13H9Br2Si+. The Kier molecular flexibility index (Phi) is 2.57. The van der Waals surface area contributed by atoms with Gasteiger partial charge in [0.1, 0.15) is 10.4 Å². The van der Waals surface area contributed by atoms with Crippen LogP contribution in [0.25, 0.3) is 11.1 Å². The Balaban J connectivity index is 2.30. The first-order valence-electron chi connectivity index (χ1n) is 5.10. The zero-order valence-corrected chi connectivity index (χ0v) is 12.9. The lowest BCUT2D eigenvalue weighted by Crippen LogP contribution is -2.34. The van der Waals surface area contributed by atoms with Crippen molar-refractivity contribution in [2.45, 2.75) is 6.55 Å². The molecule has 3 heteroatoms. The lowest BCUT2D eigenvalue weighted by molar-refractivity contribution is 1.65. The fourth-order valence-corrected chi connectivity index (χ4v) is 5.69. The van der Waals surface area contributed by atoms with E-state index in [1.165, 1.54) is 30.4 Å². The molecule has 1 heterocycles. The summed E-state index contributed by atoms with van der Waals surface area (Å²) in [5.41, 5.74) is 2.84. The van der Waals surface area contributed by atoms with Crippen LogP contribution in [-0.2, 0) is 0 Å². The van der Waals surface area contributed by atoms with Gasteiger partial charge in [-0.3, -0.25) is 0 Å². The Bertz CT molecular complexity index is 527. The Morgan fingerprint density at radius 1 is 0.812 bits per heavy atom. The second kappa shape index (κ2) is 3.83. The van der Waals surface area contributed by atoms with Gasteiger partial charge in [0.25, 0.3) is 0 Å². The third-order valence-corrected chi connectivity index (χ3v) is 6.49. The van der Waals surface area contributed by atoms with Crippen molar-refractivity contribution in [1.82, 2.24) is 0 Å². The highest BCUT2D eigenvalue weighted by molar-refractivity contribution is 9.10. The number of benzene rings is 2. The molecule has 0 spiro atoms. The Labute approximate surface area is 114 Å². The minimum absolute atomic E-state index is 0.575. The lowest BCUT2D eigenvalue weighted by Gasteiger charge is -1.97. The zero-order chi connectivity index (χ0) is 11.3. The van der Waals surface area contributed by atoms with Gasteiger partial charge in [0.2, 0.25) is 0 Å². The third-order valence-electron chi connectivity index (χ3n) is 3.06. The summed E-state index contributed by atoms with van der Waals surface area (Å²) in [5, 5.41) is 3.04. The molecule has 3 rings (SSSR count). The molecule has 0 unspecified atom stereocenters. The van der Waals surface area contributed by atoms with Crippen LogP contribution in [0, 0.1) is 0 Å². The number of fused-ring (bicyclic) bond motifs is 3. The van der Waals surface area contributed by atoms with Gasteiger partial charge in [-0.25, -0.2) is 0 Å². The fraction of sp³-hybridized carbons (Fsp3) is 0.0769. The summed E-state index contributed by atoms with van der Waals surface area (Å²) in [6.45, 7) is 2.37. The van der Waals surface area contributed by atoms with E-state index in [1.54, 1.807) is 0 Å². The van der Waals surface area contributed by atoms with Gasteiger partial charge >= 0.3 is 8.80 Å². The summed E-state index contributed by atoms with van der Waals surface area (Å²) in [6, 6.07) is 13.3. The molecule has 0 saturated heterocycles. The van der Waals surface area contributed by atoms with E-state index in [4.69, 9.17) is 0 Å². The fourth-order valence-electron chi connectivity index (χ4n) is 2.27. The van der Waals surface area contributed by atoms with Gasteiger partial charge in [-0.05, 0) is 24.3 Å². The second-order valence-corrected chi connectivity index (χ2v) is 8.16. The number of halogens is 2. The van der Waals surface area contributed by atoms with E-state index in [0.29, 0.717) is 0 Å². The van der Waals surface area contributed by atoms with Crippen molar-refractivity contribution in [3.8, 4) is 11.1 Å². The minimum Gasteiger partial charge on any atom is -0.0507 e. The molecule has 0 N–H and O–H groups in total. The molecule has 0 amide bonds. The van der Waals surface area contributed by atoms with E-state index >= 15 is 0 Å². The van der Waals surface area contributed by atoms with Crippen molar-refractivity contribution in [2.24, 2.45) is 0 Å². The van der Waals surface area contributed by atoms with Gasteiger partial charge in [-0.15, -0.1) is 0 Å². The van der Waals surface area contributed by atoms with E-state index in [0.717, 1.165) is 0 Å². The second-order valence-electron chi connectivity index (χ2n) is 4.00. The van der Waals surface area contributed by atoms with Crippen molar-refractivity contribution >= 4 is 51.0 Å². The molecule has 0 radical (unpaired) electrons. The first-order valence-corrected chi connectivity index (χ1v) is 8.69. The van der Waals surface area contributed by atoms with Crippen molar-refractivity contribution < 1.29 is 0 Å². The first-order chi connectivity index (χ1) is 7.66. The molecule has 1 aliphatic rings.